The molecule has 3 aromatic rings. The number of hydrogen-bond donors (Lipinski definition) is 0. The lowest BCUT2D eigenvalue weighted by molar-refractivity contribution is -0.117. The van der Waals surface area contributed by atoms with Crippen LogP contribution in [0, 0.1) is 5.82 Å². The molecule has 2 fully saturated rings. The van der Waals surface area contributed by atoms with Gasteiger partial charge in [0.25, 0.3) is 5.91 Å². The minimum atomic E-state index is -0.198. The first-order valence-corrected chi connectivity index (χ1v) is 12.2. The summed E-state index contributed by atoms with van der Waals surface area (Å²) in [6.45, 7) is 4.44. The number of anilines is 1. The molecule has 2 aliphatic rings. The third kappa shape index (κ3) is 4.70. The molecular weight excluding hydrogens is 437 g/mol. The Bertz CT molecular complexity index is 1170. The molecular formula is C26H26FN3O2S. The van der Waals surface area contributed by atoms with Crippen molar-refractivity contribution < 1.29 is 14.0 Å². The first-order valence-electron chi connectivity index (χ1n) is 11.3. The van der Waals surface area contributed by atoms with Gasteiger partial charge in [0.1, 0.15) is 5.82 Å². The van der Waals surface area contributed by atoms with Gasteiger partial charge < -0.3 is 9.80 Å². The molecule has 0 unspecified atom stereocenters. The number of benzene rings is 2. The van der Waals surface area contributed by atoms with Crippen LogP contribution in [0.3, 0.4) is 0 Å². The quantitative estimate of drug-likeness (QED) is 0.554. The highest BCUT2D eigenvalue weighted by atomic mass is 32.1. The van der Waals surface area contributed by atoms with Gasteiger partial charge in [0.15, 0.2) is 0 Å². The lowest BCUT2D eigenvalue weighted by atomic mass is 10.1. The van der Waals surface area contributed by atoms with E-state index in [2.05, 4.69) is 11.0 Å². The Morgan fingerprint density at radius 2 is 1.76 bits per heavy atom. The average molecular weight is 464 g/mol. The van der Waals surface area contributed by atoms with Crippen LogP contribution in [-0.2, 0) is 11.3 Å². The van der Waals surface area contributed by atoms with E-state index in [4.69, 9.17) is 0 Å². The second-order valence-corrected chi connectivity index (χ2v) is 9.68. The molecule has 2 saturated heterocycles. The highest BCUT2D eigenvalue weighted by Gasteiger charge is 2.25. The minimum Gasteiger partial charge on any atom is -0.336 e. The normalized spacial score (nSPS) is 17.1. The summed E-state index contributed by atoms with van der Waals surface area (Å²) in [5.41, 5.74) is 2.08. The van der Waals surface area contributed by atoms with E-state index >= 15 is 0 Å². The number of rotatable bonds is 5. The zero-order valence-corrected chi connectivity index (χ0v) is 19.2. The molecule has 0 atom stereocenters. The van der Waals surface area contributed by atoms with Crippen LogP contribution in [0.25, 0.3) is 10.4 Å². The number of nitrogens with zero attached hydrogens (tertiary/aromatic N) is 3. The second-order valence-electron chi connectivity index (χ2n) is 8.51. The summed E-state index contributed by atoms with van der Waals surface area (Å²) in [5.74, 6) is -0.0581. The van der Waals surface area contributed by atoms with Crippen molar-refractivity contribution in [2.75, 3.05) is 37.6 Å². The number of carbonyl (C=O) groups is 2. The van der Waals surface area contributed by atoms with Gasteiger partial charge in [-0.1, -0.05) is 24.3 Å². The van der Waals surface area contributed by atoms with E-state index in [1.165, 1.54) is 10.9 Å². The lowest BCUT2D eigenvalue weighted by Crippen LogP contribution is -2.48. The molecule has 1 aromatic heterocycles. The number of thiophene rings is 1. The maximum absolute atomic E-state index is 14.1. The molecule has 0 aliphatic carbocycles. The Hall–Kier alpha value is -3.03. The summed E-state index contributed by atoms with van der Waals surface area (Å²) >= 11 is 1.62. The monoisotopic (exact) mass is 463 g/mol. The molecule has 5 rings (SSSR count). The summed E-state index contributed by atoms with van der Waals surface area (Å²) in [4.78, 5) is 33.2. The predicted molar refractivity (Wildman–Crippen MR) is 129 cm³/mol. The largest absolute Gasteiger partial charge is 0.336 e. The van der Waals surface area contributed by atoms with Crippen molar-refractivity contribution in [2.45, 2.75) is 19.4 Å². The van der Waals surface area contributed by atoms with Crippen molar-refractivity contribution in [3.8, 4) is 10.4 Å². The molecule has 0 spiro atoms. The Morgan fingerprint density at radius 3 is 2.52 bits per heavy atom. The second kappa shape index (κ2) is 9.45. The molecule has 3 heterocycles. The Kier molecular flexibility index (Phi) is 6.24. The number of hydrogen-bond acceptors (Lipinski definition) is 4. The van der Waals surface area contributed by atoms with Crippen molar-refractivity contribution in [3.63, 3.8) is 0 Å². The van der Waals surface area contributed by atoms with Crippen LogP contribution in [0.1, 0.15) is 28.1 Å². The molecule has 0 saturated carbocycles. The molecule has 5 nitrogen and oxygen atoms in total. The maximum atomic E-state index is 14.1. The van der Waals surface area contributed by atoms with Crippen molar-refractivity contribution in [3.05, 3.63) is 76.9 Å². The first-order chi connectivity index (χ1) is 16.1. The number of halogens is 1. The van der Waals surface area contributed by atoms with Crippen LogP contribution in [0.2, 0.25) is 0 Å². The average Bonchev–Trinajstić information content (AvgIpc) is 3.48. The van der Waals surface area contributed by atoms with Crippen LogP contribution in [-0.4, -0.2) is 54.3 Å². The van der Waals surface area contributed by atoms with E-state index in [0.29, 0.717) is 30.6 Å². The van der Waals surface area contributed by atoms with Crippen LogP contribution in [0.4, 0.5) is 10.1 Å². The molecule has 0 bridgehead atoms. The van der Waals surface area contributed by atoms with E-state index in [1.807, 2.05) is 47.4 Å². The molecule has 33 heavy (non-hydrogen) atoms. The lowest BCUT2D eigenvalue weighted by Gasteiger charge is -2.34. The van der Waals surface area contributed by atoms with Gasteiger partial charge in [0.05, 0.1) is 0 Å². The van der Waals surface area contributed by atoms with Gasteiger partial charge in [-0.2, -0.15) is 0 Å². The Labute approximate surface area is 197 Å². The molecule has 170 valence electrons. The van der Waals surface area contributed by atoms with Crippen LogP contribution in [0.15, 0.2) is 60.7 Å². The van der Waals surface area contributed by atoms with E-state index in [-0.39, 0.29) is 17.6 Å². The zero-order valence-electron chi connectivity index (χ0n) is 18.4. The summed E-state index contributed by atoms with van der Waals surface area (Å²) < 4.78 is 14.1. The Balaban J connectivity index is 1.18. The SMILES string of the molecule is O=C(c1cccc(N2CCCC2=O)c1)N1CCN(Cc2ccc(-c3ccccc3F)s2)CC1. The fraction of sp³-hybridized carbons (Fsp3) is 0.308. The maximum Gasteiger partial charge on any atom is 0.254 e. The molecule has 2 aromatic carbocycles. The number of amides is 2. The fourth-order valence-corrected chi connectivity index (χ4v) is 5.59. The topological polar surface area (TPSA) is 43.9 Å². The highest BCUT2D eigenvalue weighted by Crippen LogP contribution is 2.31. The van der Waals surface area contributed by atoms with Crippen molar-refractivity contribution in [1.82, 2.24) is 9.80 Å². The van der Waals surface area contributed by atoms with E-state index in [0.717, 1.165) is 43.2 Å². The van der Waals surface area contributed by atoms with Crippen molar-refractivity contribution in [1.29, 1.82) is 0 Å². The van der Waals surface area contributed by atoms with E-state index in [9.17, 15) is 14.0 Å². The van der Waals surface area contributed by atoms with Crippen molar-refractivity contribution in [2.24, 2.45) is 0 Å². The Morgan fingerprint density at radius 1 is 0.939 bits per heavy atom. The fourth-order valence-electron chi connectivity index (χ4n) is 4.51. The van der Waals surface area contributed by atoms with Crippen LogP contribution in [0.5, 0.6) is 0 Å². The molecule has 0 radical (unpaired) electrons. The smallest absolute Gasteiger partial charge is 0.254 e. The third-order valence-corrected chi connectivity index (χ3v) is 7.42. The summed E-state index contributed by atoms with van der Waals surface area (Å²) in [6, 6.07) is 18.3. The number of carbonyl (C=O) groups excluding carboxylic acids is 2. The summed E-state index contributed by atoms with van der Waals surface area (Å²) in [5, 5.41) is 0. The van der Waals surface area contributed by atoms with Gasteiger partial charge in [-0.05, 0) is 42.8 Å². The zero-order chi connectivity index (χ0) is 22.8. The van der Waals surface area contributed by atoms with E-state index in [1.54, 1.807) is 22.3 Å². The van der Waals surface area contributed by atoms with Gasteiger partial charge in [-0.25, -0.2) is 4.39 Å². The number of piperazine rings is 1. The molecule has 0 N–H and O–H groups in total. The molecule has 7 heteroatoms. The first kappa shape index (κ1) is 21.8. The van der Waals surface area contributed by atoms with Gasteiger partial charge in [-0.15, -0.1) is 11.3 Å². The van der Waals surface area contributed by atoms with Crippen molar-refractivity contribution >= 4 is 28.8 Å². The molecule has 2 aliphatic heterocycles. The molecule has 2 amide bonds. The van der Waals surface area contributed by atoms with Gasteiger partial charge in [0.2, 0.25) is 5.91 Å². The summed E-state index contributed by atoms with van der Waals surface area (Å²) in [7, 11) is 0. The van der Waals surface area contributed by atoms with Gasteiger partial charge >= 0.3 is 0 Å². The standard InChI is InChI=1S/C26H26FN3O2S/c27-23-8-2-1-7-22(23)24-11-10-21(33-24)18-28-13-15-29(16-14-28)26(32)19-5-3-6-20(17-19)30-12-4-9-25(30)31/h1-3,5-8,10-11,17H,4,9,12-16,18H2. The van der Waals surface area contributed by atoms with E-state index < -0.39 is 0 Å². The minimum absolute atomic E-state index is 0.0149. The predicted octanol–water partition coefficient (Wildman–Crippen LogP) is 4.64. The highest BCUT2D eigenvalue weighted by molar-refractivity contribution is 7.15. The summed E-state index contributed by atoms with van der Waals surface area (Å²) in [6.07, 6.45) is 1.44. The van der Waals surface area contributed by atoms with Gasteiger partial charge in [0, 0.05) is 72.3 Å². The van der Waals surface area contributed by atoms with Gasteiger partial charge in [-0.3, -0.25) is 14.5 Å². The van der Waals surface area contributed by atoms with Crippen LogP contribution < -0.4 is 4.90 Å². The third-order valence-electron chi connectivity index (χ3n) is 6.32. The van der Waals surface area contributed by atoms with Crippen LogP contribution >= 0.6 is 11.3 Å².